The summed E-state index contributed by atoms with van der Waals surface area (Å²) in [6.45, 7) is 14.5. The molecule has 5 aliphatic heterocycles. The van der Waals surface area contributed by atoms with Crippen molar-refractivity contribution in [1.29, 1.82) is 0 Å². The molecular weight excluding hydrogens is 1220 g/mol. The first kappa shape index (κ1) is 69.4. The molecule has 2 aromatic carbocycles. The van der Waals surface area contributed by atoms with Crippen molar-refractivity contribution in [3.63, 3.8) is 0 Å². The van der Waals surface area contributed by atoms with E-state index < -0.39 is 31.2 Å². The molecule has 13 rings (SSSR count). The average molecular weight is 1290 g/mol. The number of fused-ring (bicyclic) bond motifs is 4. The van der Waals surface area contributed by atoms with Crippen molar-refractivity contribution < 1.29 is 165 Å². The van der Waals surface area contributed by atoms with Gasteiger partial charge in [-0.2, -0.15) is 0 Å². The summed E-state index contributed by atoms with van der Waals surface area (Å²) in [5, 5.41) is 9.72. The smallest absolute Gasteiger partial charge is 1.00 e. The van der Waals surface area contributed by atoms with E-state index in [0.29, 0.717) is 97.4 Å². The second-order valence-corrected chi connectivity index (χ2v) is 23.4. The number of carbonyl (C=O) groups excluding carboxylic acids is 3. The summed E-state index contributed by atoms with van der Waals surface area (Å²) < 4.78 is 84.3. The molecule has 17 nitrogen and oxygen atoms in total. The quantitative estimate of drug-likeness (QED) is 0.0634. The Balaban J connectivity index is 0.000000205. The number of halogens is 5. The molecule has 2 unspecified atom stereocenters. The normalized spacial score (nSPS) is 20.3. The van der Waals surface area contributed by atoms with Crippen LogP contribution in [0.25, 0.3) is 44.2 Å². The van der Waals surface area contributed by atoms with Crippen LogP contribution in [0.5, 0.6) is 0 Å². The van der Waals surface area contributed by atoms with E-state index >= 15 is 0 Å². The Bertz CT molecular complexity index is 3510. The number of benzene rings is 2. The zero-order valence-corrected chi connectivity index (χ0v) is 56.9. The molecule has 6 aromatic rings. The number of ether oxygens (including phenoxy) is 2. The van der Waals surface area contributed by atoms with Crippen LogP contribution < -0.4 is 113 Å². The van der Waals surface area contributed by atoms with Crippen LogP contribution >= 0.6 is 15.9 Å². The standard InChI is InChI=1S/C26H26F2N4O2.C21H24BF2NO3.C11H14BrN3O.CH2O3.CH4.2K.H/c1-14-26(33)31(2)13-21-23(30-25(32(14)21)16-6-7-16)17-4-3-5-20-18(17)12-19(24(27)28)22(29-20)15-8-10-34-11-9-15;1-20(2)21(3,4)28-22(27-20)16-6-5-7-17-14(16)12-15(19(23)24)18(25-17)13-8-10-26-11-9-13;1-6-11(16)14(2)5-8-9(12)13-10(15(6)8)7-3-4-7;2-1-4-3;;;;/h3-5,8,12,14,16,24H,6-7,9-11,13H2,1-2H3;5-8,12,19H,9-11H2,1-4H3;6-7H,3-5H2,1-2H3;1,3H;1H4;;;/q;;;;;2*+1;-1/p-1. The van der Waals surface area contributed by atoms with Crippen LogP contribution in [0.15, 0.2) is 65.3 Å². The van der Waals surface area contributed by atoms with Gasteiger partial charge in [-0.3, -0.25) is 14.4 Å². The van der Waals surface area contributed by atoms with E-state index in [1.165, 1.54) is 12.8 Å². The van der Waals surface area contributed by atoms with Gasteiger partial charge in [-0.05, 0) is 137 Å². The first-order valence-corrected chi connectivity index (χ1v) is 28.4. The molecule has 444 valence electrons. The molecule has 2 aliphatic carbocycles. The first-order chi connectivity index (χ1) is 39.1. The third kappa shape index (κ3) is 14.4. The molecule has 0 bridgehead atoms. The van der Waals surface area contributed by atoms with Crippen molar-refractivity contribution in [3.05, 3.63) is 111 Å². The average Bonchev–Trinajstić information content (AvgIpc) is 1.60. The van der Waals surface area contributed by atoms with E-state index in [2.05, 4.69) is 39.9 Å². The number of hydrogen-bond acceptors (Lipinski definition) is 13. The van der Waals surface area contributed by atoms with Gasteiger partial charge in [-0.1, -0.05) is 43.8 Å². The molecule has 25 heteroatoms. The summed E-state index contributed by atoms with van der Waals surface area (Å²) in [5.41, 5.74) is 6.85. The number of nitrogens with zero attached hydrogens (tertiary/aromatic N) is 8. The number of rotatable bonds is 9. The third-order valence-electron chi connectivity index (χ3n) is 16.5. The van der Waals surface area contributed by atoms with Gasteiger partial charge in [0.05, 0.1) is 90.2 Å². The van der Waals surface area contributed by atoms with Gasteiger partial charge in [-0.15, -0.1) is 0 Å². The predicted molar refractivity (Wildman–Crippen MR) is 308 cm³/mol. The summed E-state index contributed by atoms with van der Waals surface area (Å²) in [7, 11) is 3.01. The monoisotopic (exact) mass is 1290 g/mol. The fraction of sp³-hybridized carbons (Fsp3) is 0.483. The van der Waals surface area contributed by atoms with Gasteiger partial charge in [0.1, 0.15) is 28.3 Å². The van der Waals surface area contributed by atoms with Crippen molar-refractivity contribution in [2.75, 3.05) is 40.5 Å². The van der Waals surface area contributed by atoms with E-state index in [4.69, 9.17) is 38.8 Å². The molecule has 0 radical (unpaired) electrons. The fourth-order valence-corrected chi connectivity index (χ4v) is 11.7. The van der Waals surface area contributed by atoms with Crippen molar-refractivity contribution >= 4 is 79.7 Å². The molecular formula is C60H70BBrF4K2N8O9. The number of amides is 2. The van der Waals surface area contributed by atoms with Gasteiger partial charge in [0.15, 0.2) is 0 Å². The molecule has 0 N–H and O–H groups in total. The number of alkyl halides is 4. The Labute approximate surface area is 587 Å². The zero-order valence-electron chi connectivity index (χ0n) is 50.0. The second-order valence-electron chi connectivity index (χ2n) is 22.6. The van der Waals surface area contributed by atoms with Gasteiger partial charge in [0.25, 0.3) is 19.3 Å². The molecule has 85 heavy (non-hydrogen) atoms. The Kier molecular flexibility index (Phi) is 23.5. The molecule has 1 saturated heterocycles. The number of carbonyl (C=O) groups is 3. The zero-order chi connectivity index (χ0) is 58.5. The van der Waals surface area contributed by atoms with Crippen LogP contribution in [0.4, 0.5) is 17.6 Å². The summed E-state index contributed by atoms with van der Waals surface area (Å²) >= 11 is 3.50. The minimum absolute atomic E-state index is 0. The molecule has 2 amide bonds. The van der Waals surface area contributed by atoms with Gasteiger partial charge in [0.2, 0.25) is 11.8 Å². The van der Waals surface area contributed by atoms with Gasteiger partial charge >= 0.3 is 110 Å². The van der Waals surface area contributed by atoms with E-state index in [-0.39, 0.29) is 153 Å². The summed E-state index contributed by atoms with van der Waals surface area (Å²) in [6, 6.07) is 13.9. The Hall–Kier alpha value is -3.09. The number of pyridine rings is 2. The van der Waals surface area contributed by atoms with Crippen LogP contribution in [-0.4, -0.2) is 116 Å². The van der Waals surface area contributed by atoms with E-state index in [1.807, 2.05) is 97.1 Å². The molecule has 3 fully saturated rings. The summed E-state index contributed by atoms with van der Waals surface area (Å²) in [5.74, 6) is 3.19. The maximum absolute atomic E-state index is 14.2. The summed E-state index contributed by atoms with van der Waals surface area (Å²) in [6.07, 6.45) is 4.08. The minimum atomic E-state index is -2.65. The molecule has 4 aromatic heterocycles. The van der Waals surface area contributed by atoms with Crippen molar-refractivity contribution in [2.24, 2.45) is 0 Å². The van der Waals surface area contributed by atoms with Crippen molar-refractivity contribution in [3.8, 4) is 11.3 Å². The minimum Gasteiger partial charge on any atom is -1.00 e. The maximum atomic E-state index is 14.2. The van der Waals surface area contributed by atoms with Crippen LogP contribution in [0.1, 0.15) is 171 Å². The van der Waals surface area contributed by atoms with Crippen LogP contribution in [0.2, 0.25) is 0 Å². The van der Waals surface area contributed by atoms with Crippen molar-refractivity contribution in [2.45, 2.75) is 149 Å². The topological polar surface area (TPSA) is 188 Å². The Morgan fingerprint density at radius 1 is 0.706 bits per heavy atom. The molecule has 2 atom stereocenters. The van der Waals surface area contributed by atoms with E-state index in [9.17, 15) is 27.2 Å². The molecule has 9 heterocycles. The molecule has 0 spiro atoms. The molecule has 2 saturated carbocycles. The summed E-state index contributed by atoms with van der Waals surface area (Å²) in [4.78, 5) is 58.3. The Morgan fingerprint density at radius 3 is 1.61 bits per heavy atom. The van der Waals surface area contributed by atoms with Crippen LogP contribution in [0, 0.1) is 0 Å². The van der Waals surface area contributed by atoms with Gasteiger partial charge in [0, 0.05) is 53.4 Å². The maximum Gasteiger partial charge on any atom is 1.00 e. The Morgan fingerprint density at radius 2 is 1.15 bits per heavy atom. The molecule has 7 aliphatic rings. The van der Waals surface area contributed by atoms with E-state index in [1.54, 1.807) is 29.0 Å². The van der Waals surface area contributed by atoms with Crippen molar-refractivity contribution in [1.82, 2.24) is 38.9 Å². The largest absolute Gasteiger partial charge is 1.00 e. The van der Waals surface area contributed by atoms with Gasteiger partial charge in [-0.25, -0.2) is 37.5 Å². The number of imidazole rings is 2. The number of hydrogen-bond donors (Lipinski definition) is 0. The second kappa shape index (κ2) is 28.8. The predicted octanol–water partition coefficient (Wildman–Crippen LogP) is 4.77. The van der Waals surface area contributed by atoms with E-state index in [0.717, 1.165) is 68.3 Å². The first-order valence-electron chi connectivity index (χ1n) is 27.6. The fourth-order valence-electron chi connectivity index (χ4n) is 11.2. The van der Waals surface area contributed by atoms with Crippen LogP contribution in [0.3, 0.4) is 0 Å². The van der Waals surface area contributed by atoms with Gasteiger partial charge < -0.3 is 49.3 Å². The number of likely N-dealkylation sites (N-methyl/N-ethyl adjacent to an activating group) is 2. The van der Waals surface area contributed by atoms with Crippen LogP contribution in [-0.2, 0) is 51.1 Å². The number of aromatic nitrogens is 6. The SMILES string of the molecule is C.CC1(C)OB(c2cccc3nc(C4=CCOCC4)c(C(F)F)cc23)OC1(C)C.CC1C(=O)N(C)Cc2c(-c3cccc4nc(C5=CCOCC5)c(C(F)F)cc34)nc(C3CC3)n21.CC1C(=O)N(C)Cc2c(Br)nc(C3CC3)n21.O=CO[O-].[H-].[K+].[K+]. The third-order valence-corrected chi connectivity index (χ3v) is 17.2.